The first-order valence-corrected chi connectivity index (χ1v) is 19.8. The van der Waals surface area contributed by atoms with E-state index in [1.807, 2.05) is 13.0 Å². The normalized spacial score (nSPS) is 29.7. The number of nitrogens with one attached hydrogen (secondary N) is 3. The minimum atomic E-state index is -4.93. The standard InChI is InChI=1S/C37H49F3N4O10S/c1-21-9-7-8-10-24-19-36(24,32(48)43-55(50,51)35(5)15-16-35)42-29(45)27-18-26(53-31(47)23-11-13-25(52-6)14-12-23)20-44(27)30(46)28(22(2)17-21)41-33(49)54-34(3,4)37(38,39)40/h8,10-14,21-22,24,26-28H,7,9,15-20H2,1-6H3,(H,41,49)(H,42,45)(H,43,48)/t21-,22-,24-,26-,27+,28+,36-/m1/s1. The molecule has 2 aliphatic carbocycles. The van der Waals surface area contributed by atoms with Crippen LogP contribution < -0.4 is 20.1 Å². The number of hydrogen-bond acceptors (Lipinski definition) is 10. The molecule has 2 saturated carbocycles. The maximum absolute atomic E-state index is 14.5. The van der Waals surface area contributed by atoms with Crippen molar-refractivity contribution in [3.05, 3.63) is 42.0 Å². The Morgan fingerprint density at radius 2 is 1.69 bits per heavy atom. The summed E-state index contributed by atoms with van der Waals surface area (Å²) in [5.41, 5.74) is -4.44. The van der Waals surface area contributed by atoms with Gasteiger partial charge in [0.1, 0.15) is 29.5 Å². The second-order valence-electron chi connectivity index (χ2n) is 16.0. The fourth-order valence-electron chi connectivity index (χ4n) is 6.99. The van der Waals surface area contributed by atoms with Gasteiger partial charge in [-0.2, -0.15) is 13.2 Å². The molecule has 4 aliphatic rings. The minimum absolute atomic E-state index is 0.0615. The van der Waals surface area contributed by atoms with Crippen LogP contribution in [-0.2, 0) is 33.9 Å². The maximum atomic E-state index is 14.5. The SMILES string of the molecule is COc1ccc(C(=O)O[C@@H]2C[C@H]3C(=O)N[C@]4(C(=O)NS(=O)(=O)C5(C)CC5)C[C@H]4C=CCC[C@@H](C)C[C@@H](C)[C@H](NC(=O)OC(C)(C)C(F)(F)F)C(=O)N3C2)cc1. The Morgan fingerprint density at radius 3 is 2.29 bits per heavy atom. The van der Waals surface area contributed by atoms with Crippen LogP contribution in [0.15, 0.2) is 36.4 Å². The van der Waals surface area contributed by atoms with Gasteiger partial charge in [-0.3, -0.25) is 19.1 Å². The Bertz CT molecular complexity index is 1810. The number of allylic oxidation sites excluding steroid dienone is 1. The smallest absolute Gasteiger partial charge is 0.427 e. The first-order chi connectivity index (χ1) is 25.5. The Morgan fingerprint density at radius 1 is 1.04 bits per heavy atom. The van der Waals surface area contributed by atoms with Crippen molar-refractivity contribution >= 4 is 39.8 Å². The number of nitrogens with zero attached hydrogens (tertiary/aromatic N) is 1. The van der Waals surface area contributed by atoms with Crippen LogP contribution >= 0.6 is 0 Å². The quantitative estimate of drug-likeness (QED) is 0.255. The second kappa shape index (κ2) is 15.3. The van der Waals surface area contributed by atoms with Crippen LogP contribution in [0.2, 0.25) is 0 Å². The molecule has 7 atom stereocenters. The number of rotatable bonds is 8. The zero-order valence-electron chi connectivity index (χ0n) is 31.7. The highest BCUT2D eigenvalue weighted by atomic mass is 32.2. The molecule has 3 fully saturated rings. The molecule has 304 valence electrons. The van der Waals surface area contributed by atoms with E-state index in [9.17, 15) is 45.6 Å². The summed E-state index contributed by atoms with van der Waals surface area (Å²) in [6.07, 6.45) is -1.94. The lowest BCUT2D eigenvalue weighted by Crippen LogP contribution is -2.59. The number of fused-ring (bicyclic) bond motifs is 2. The van der Waals surface area contributed by atoms with Crippen molar-refractivity contribution in [1.29, 1.82) is 0 Å². The Balaban J connectivity index is 1.48. The van der Waals surface area contributed by atoms with E-state index in [0.717, 1.165) is 4.90 Å². The van der Waals surface area contributed by atoms with Crippen LogP contribution in [-0.4, -0.2) is 97.0 Å². The zero-order chi connectivity index (χ0) is 40.7. The van der Waals surface area contributed by atoms with Crippen LogP contribution in [0.25, 0.3) is 0 Å². The average Bonchev–Trinajstić information content (AvgIpc) is 3.98. The summed E-state index contributed by atoms with van der Waals surface area (Å²) in [5, 5.41) is 5.03. The van der Waals surface area contributed by atoms with Gasteiger partial charge >= 0.3 is 18.2 Å². The van der Waals surface area contributed by atoms with Gasteiger partial charge < -0.3 is 29.7 Å². The van der Waals surface area contributed by atoms with Crippen molar-refractivity contribution < 1.29 is 59.8 Å². The molecule has 4 amide bonds. The topological polar surface area (TPSA) is 187 Å². The predicted octanol–water partition coefficient (Wildman–Crippen LogP) is 4.14. The number of amides is 4. The van der Waals surface area contributed by atoms with Crippen molar-refractivity contribution in [2.45, 2.75) is 120 Å². The predicted molar refractivity (Wildman–Crippen MR) is 191 cm³/mol. The van der Waals surface area contributed by atoms with Gasteiger partial charge in [-0.1, -0.05) is 26.0 Å². The highest BCUT2D eigenvalue weighted by molar-refractivity contribution is 7.91. The van der Waals surface area contributed by atoms with E-state index in [1.54, 1.807) is 25.1 Å². The molecule has 18 heteroatoms. The van der Waals surface area contributed by atoms with Crippen molar-refractivity contribution in [2.24, 2.45) is 17.8 Å². The molecule has 14 nitrogen and oxygen atoms in total. The molecule has 0 unspecified atom stereocenters. The Labute approximate surface area is 318 Å². The number of sulfonamides is 1. The number of esters is 1. The summed E-state index contributed by atoms with van der Waals surface area (Å²) >= 11 is 0. The van der Waals surface area contributed by atoms with Crippen LogP contribution in [0, 0.1) is 17.8 Å². The Hall–Kier alpha value is -4.35. The van der Waals surface area contributed by atoms with Crippen molar-refractivity contribution in [3.8, 4) is 5.75 Å². The van der Waals surface area contributed by atoms with Gasteiger partial charge in [-0.15, -0.1) is 0 Å². The lowest BCUT2D eigenvalue weighted by atomic mass is 9.88. The van der Waals surface area contributed by atoms with Gasteiger partial charge in [0, 0.05) is 12.3 Å². The van der Waals surface area contributed by atoms with Crippen molar-refractivity contribution in [3.63, 3.8) is 0 Å². The number of carbonyl (C=O) groups is 5. The molecule has 0 bridgehead atoms. The maximum Gasteiger partial charge on any atom is 0.427 e. The molecule has 2 heterocycles. The van der Waals surface area contributed by atoms with E-state index >= 15 is 0 Å². The molecule has 55 heavy (non-hydrogen) atoms. The number of ether oxygens (including phenoxy) is 3. The van der Waals surface area contributed by atoms with Crippen molar-refractivity contribution in [1.82, 2.24) is 20.3 Å². The zero-order valence-corrected chi connectivity index (χ0v) is 32.5. The minimum Gasteiger partial charge on any atom is -0.497 e. The number of methoxy groups -OCH3 is 1. The largest absolute Gasteiger partial charge is 0.497 e. The van der Waals surface area contributed by atoms with Gasteiger partial charge in [0.2, 0.25) is 27.4 Å². The average molecular weight is 799 g/mol. The number of benzene rings is 1. The molecular formula is C37H49F3N4O10S. The highest BCUT2D eigenvalue weighted by Crippen LogP contribution is 2.47. The van der Waals surface area contributed by atoms with Crippen LogP contribution in [0.1, 0.15) is 89.9 Å². The van der Waals surface area contributed by atoms with E-state index in [4.69, 9.17) is 14.2 Å². The summed E-state index contributed by atoms with van der Waals surface area (Å²) in [4.78, 5) is 69.9. The molecule has 3 N–H and O–H groups in total. The van der Waals surface area contributed by atoms with Crippen LogP contribution in [0.3, 0.4) is 0 Å². The van der Waals surface area contributed by atoms with Gasteiger partial charge in [0.15, 0.2) is 0 Å². The summed E-state index contributed by atoms with van der Waals surface area (Å²) in [6, 6.07) is 3.11. The lowest BCUT2D eigenvalue weighted by Gasteiger charge is -2.34. The van der Waals surface area contributed by atoms with Gasteiger partial charge in [-0.25, -0.2) is 18.0 Å². The summed E-state index contributed by atoms with van der Waals surface area (Å²) in [7, 11) is -2.64. The summed E-state index contributed by atoms with van der Waals surface area (Å²) in [5.74, 6) is -4.25. The van der Waals surface area contributed by atoms with E-state index in [0.29, 0.717) is 51.7 Å². The first-order valence-electron chi connectivity index (χ1n) is 18.3. The summed E-state index contributed by atoms with van der Waals surface area (Å²) in [6.45, 7) is 6.05. The van der Waals surface area contributed by atoms with E-state index in [2.05, 4.69) is 15.4 Å². The van der Waals surface area contributed by atoms with Crippen LogP contribution in [0.4, 0.5) is 18.0 Å². The van der Waals surface area contributed by atoms with Gasteiger partial charge in [0.25, 0.3) is 5.91 Å². The number of alkyl carbamates (subject to hydrolysis) is 1. The number of halogens is 3. The van der Waals surface area contributed by atoms with E-state index in [1.165, 1.54) is 26.2 Å². The molecule has 1 saturated heterocycles. The molecule has 2 aliphatic heterocycles. The molecule has 0 radical (unpaired) electrons. The number of carbonyl (C=O) groups excluding carboxylic acids is 5. The second-order valence-corrected chi connectivity index (χ2v) is 18.2. The third-order valence-electron chi connectivity index (χ3n) is 11.2. The summed E-state index contributed by atoms with van der Waals surface area (Å²) < 4.78 is 83.8. The molecule has 0 spiro atoms. The monoisotopic (exact) mass is 798 g/mol. The third-order valence-corrected chi connectivity index (χ3v) is 13.3. The fourth-order valence-corrected chi connectivity index (χ4v) is 8.30. The molecular weight excluding hydrogens is 749 g/mol. The van der Waals surface area contributed by atoms with Gasteiger partial charge in [-0.05, 0) is 95.4 Å². The molecule has 1 aromatic rings. The number of alkyl halides is 3. The third kappa shape index (κ3) is 9.04. The van der Waals surface area contributed by atoms with E-state index < -0.39 is 91.9 Å². The van der Waals surface area contributed by atoms with Gasteiger partial charge in [0.05, 0.1) is 24.0 Å². The van der Waals surface area contributed by atoms with Crippen LogP contribution in [0.5, 0.6) is 5.75 Å². The van der Waals surface area contributed by atoms with E-state index in [-0.39, 0.29) is 30.9 Å². The number of hydrogen-bond donors (Lipinski definition) is 3. The molecule has 5 rings (SSSR count). The highest BCUT2D eigenvalue weighted by Gasteiger charge is 2.63. The first kappa shape index (κ1) is 41.8. The fraction of sp³-hybridized carbons (Fsp3) is 0.649. The molecule has 0 aromatic heterocycles. The molecule has 1 aromatic carbocycles. The van der Waals surface area contributed by atoms with Crippen molar-refractivity contribution in [2.75, 3.05) is 13.7 Å². The lowest BCUT2D eigenvalue weighted by molar-refractivity contribution is -0.244. The Kier molecular flexibility index (Phi) is 11.6.